The molecule has 8 heteroatoms. The molecule has 3 heterocycles. The maximum Gasteiger partial charge on any atom is 0.278 e. The van der Waals surface area contributed by atoms with E-state index < -0.39 is 5.91 Å². The van der Waals surface area contributed by atoms with Gasteiger partial charge in [-0.25, -0.2) is 9.97 Å². The maximum atomic E-state index is 13.1. The number of hydrogen-bond donors (Lipinski definition) is 3. The second kappa shape index (κ2) is 9.64. The average molecular weight is 447 g/mol. The molecule has 0 saturated carbocycles. The normalized spacial score (nSPS) is 22.8. The molecule has 0 radical (unpaired) electrons. The van der Waals surface area contributed by atoms with E-state index >= 15 is 0 Å². The number of benzene rings is 1. The highest BCUT2D eigenvalue weighted by atomic mass is 16.5. The van der Waals surface area contributed by atoms with Crippen molar-refractivity contribution in [1.82, 2.24) is 15.0 Å². The molecule has 1 aliphatic rings. The quantitative estimate of drug-likeness (QED) is 0.543. The van der Waals surface area contributed by atoms with Crippen LogP contribution < -0.4 is 16.8 Å². The molecule has 4 atom stereocenters. The van der Waals surface area contributed by atoms with Crippen LogP contribution in [0.3, 0.4) is 0 Å². The summed E-state index contributed by atoms with van der Waals surface area (Å²) in [6, 6.07) is 11.4. The zero-order chi connectivity index (χ0) is 23.5. The van der Waals surface area contributed by atoms with E-state index in [0.29, 0.717) is 23.7 Å². The Balaban J connectivity index is 1.58. The molecule has 2 aromatic heterocycles. The van der Waals surface area contributed by atoms with Gasteiger partial charge in [-0.15, -0.1) is 0 Å². The van der Waals surface area contributed by atoms with Crippen LogP contribution in [0.4, 0.5) is 11.5 Å². The number of carbonyl (C=O) groups is 1. The van der Waals surface area contributed by atoms with Gasteiger partial charge in [0.2, 0.25) is 0 Å². The third kappa shape index (κ3) is 4.86. The lowest BCUT2D eigenvalue weighted by Gasteiger charge is -2.41. The Labute approximate surface area is 193 Å². The van der Waals surface area contributed by atoms with E-state index in [1.54, 1.807) is 18.6 Å². The van der Waals surface area contributed by atoms with Crippen LogP contribution in [-0.2, 0) is 4.74 Å². The van der Waals surface area contributed by atoms with Crippen LogP contribution in [0.1, 0.15) is 49.3 Å². The standard InChI is InChI=1S/C25H30N6O2/c1-14(2)22-15(3)33-21(11-18(22)26)17-9-10-28-12-20(17)31-25(32)23-24(27)29-13-19(30-23)16-7-5-4-6-8-16/h4-10,12-15,18,21-22H,11,26H2,1-3H3,(H2,27,29)(H,31,32). The smallest absolute Gasteiger partial charge is 0.278 e. The number of nitrogens with two attached hydrogens (primary N) is 2. The van der Waals surface area contributed by atoms with Crippen LogP contribution in [0.5, 0.6) is 0 Å². The first-order valence-electron chi connectivity index (χ1n) is 11.2. The molecule has 1 saturated heterocycles. The number of ether oxygens (including phenoxy) is 1. The fourth-order valence-electron chi connectivity index (χ4n) is 4.68. The first-order chi connectivity index (χ1) is 15.8. The summed E-state index contributed by atoms with van der Waals surface area (Å²) < 4.78 is 6.33. The van der Waals surface area contributed by atoms with E-state index in [1.165, 1.54) is 0 Å². The highest BCUT2D eigenvalue weighted by molar-refractivity contribution is 6.06. The number of nitrogen functional groups attached to an aromatic ring is 1. The molecule has 4 unspecified atom stereocenters. The Morgan fingerprint density at radius 1 is 1.18 bits per heavy atom. The molecule has 5 N–H and O–H groups in total. The van der Waals surface area contributed by atoms with Gasteiger partial charge in [0.05, 0.1) is 36.0 Å². The lowest BCUT2D eigenvalue weighted by molar-refractivity contribution is -0.0958. The number of carbonyl (C=O) groups excluding carboxylic acids is 1. The topological polar surface area (TPSA) is 129 Å². The molecule has 1 fully saturated rings. The fourth-order valence-corrected chi connectivity index (χ4v) is 4.68. The van der Waals surface area contributed by atoms with Gasteiger partial charge in [-0.3, -0.25) is 9.78 Å². The van der Waals surface area contributed by atoms with Gasteiger partial charge in [-0.1, -0.05) is 44.2 Å². The Morgan fingerprint density at radius 3 is 2.64 bits per heavy atom. The summed E-state index contributed by atoms with van der Waals surface area (Å²) >= 11 is 0. The van der Waals surface area contributed by atoms with E-state index in [-0.39, 0.29) is 35.7 Å². The summed E-state index contributed by atoms with van der Waals surface area (Å²) in [4.78, 5) is 26.0. The zero-order valence-electron chi connectivity index (χ0n) is 19.1. The minimum atomic E-state index is -0.458. The number of pyridine rings is 1. The largest absolute Gasteiger partial charge is 0.382 e. The van der Waals surface area contributed by atoms with Crippen molar-refractivity contribution in [1.29, 1.82) is 0 Å². The molecule has 0 bridgehead atoms. The van der Waals surface area contributed by atoms with Gasteiger partial charge < -0.3 is 21.5 Å². The second-order valence-corrected chi connectivity index (χ2v) is 8.82. The Morgan fingerprint density at radius 2 is 1.94 bits per heavy atom. The molecular weight excluding hydrogens is 416 g/mol. The molecule has 1 aromatic carbocycles. The van der Waals surface area contributed by atoms with E-state index in [4.69, 9.17) is 16.2 Å². The lowest BCUT2D eigenvalue weighted by Crippen LogP contribution is -2.47. The first kappa shape index (κ1) is 22.8. The zero-order valence-corrected chi connectivity index (χ0v) is 19.1. The van der Waals surface area contributed by atoms with Crippen molar-refractivity contribution in [2.24, 2.45) is 17.6 Å². The van der Waals surface area contributed by atoms with E-state index in [2.05, 4.69) is 41.0 Å². The Hall–Kier alpha value is -3.36. The Kier molecular flexibility index (Phi) is 6.67. The molecule has 172 valence electrons. The number of hydrogen-bond acceptors (Lipinski definition) is 7. The number of nitrogens with zero attached hydrogens (tertiary/aromatic N) is 3. The molecule has 0 spiro atoms. The second-order valence-electron chi connectivity index (χ2n) is 8.82. The van der Waals surface area contributed by atoms with E-state index in [0.717, 1.165) is 11.1 Å². The summed E-state index contributed by atoms with van der Waals surface area (Å²) in [7, 11) is 0. The monoisotopic (exact) mass is 446 g/mol. The molecule has 1 aliphatic heterocycles. The Bertz CT molecular complexity index is 1110. The van der Waals surface area contributed by atoms with E-state index in [1.807, 2.05) is 36.4 Å². The van der Waals surface area contributed by atoms with Crippen LogP contribution in [0.2, 0.25) is 0 Å². The fraction of sp³-hybridized carbons (Fsp3) is 0.360. The summed E-state index contributed by atoms with van der Waals surface area (Å²) in [6.45, 7) is 6.39. The number of aromatic nitrogens is 3. The first-order valence-corrected chi connectivity index (χ1v) is 11.2. The third-order valence-corrected chi connectivity index (χ3v) is 6.21. The van der Waals surface area contributed by atoms with Crippen molar-refractivity contribution < 1.29 is 9.53 Å². The molecule has 3 aromatic rings. The van der Waals surface area contributed by atoms with Crippen molar-refractivity contribution in [3.05, 3.63) is 66.2 Å². The number of nitrogens with one attached hydrogen (secondary N) is 1. The highest BCUT2D eigenvalue weighted by Crippen LogP contribution is 2.39. The SMILES string of the molecule is CC(C)C1C(N)CC(c2ccncc2NC(=O)c2nc(-c3ccccc3)cnc2N)OC1C. The summed E-state index contributed by atoms with van der Waals surface area (Å²) in [6.07, 6.45) is 5.25. The predicted octanol–water partition coefficient (Wildman–Crippen LogP) is 3.82. The minimum Gasteiger partial charge on any atom is -0.382 e. The van der Waals surface area contributed by atoms with Crippen molar-refractivity contribution in [3.8, 4) is 11.3 Å². The number of amides is 1. The molecule has 33 heavy (non-hydrogen) atoms. The van der Waals surface area contributed by atoms with Crippen LogP contribution in [0.25, 0.3) is 11.3 Å². The van der Waals surface area contributed by atoms with Crippen molar-refractivity contribution in [2.75, 3.05) is 11.1 Å². The maximum absolute atomic E-state index is 13.1. The summed E-state index contributed by atoms with van der Waals surface area (Å²) in [5.74, 6) is 0.296. The number of rotatable bonds is 5. The summed E-state index contributed by atoms with van der Waals surface area (Å²) in [5.41, 5.74) is 15.3. The van der Waals surface area contributed by atoms with E-state index in [9.17, 15) is 4.79 Å². The van der Waals surface area contributed by atoms with Crippen LogP contribution >= 0.6 is 0 Å². The van der Waals surface area contributed by atoms with Crippen molar-refractivity contribution in [2.45, 2.75) is 45.4 Å². The average Bonchev–Trinajstić information content (AvgIpc) is 2.79. The molecule has 4 rings (SSSR count). The lowest BCUT2D eigenvalue weighted by atomic mass is 9.79. The van der Waals surface area contributed by atoms with Gasteiger partial charge in [0.15, 0.2) is 11.5 Å². The van der Waals surface area contributed by atoms with Crippen molar-refractivity contribution in [3.63, 3.8) is 0 Å². The number of anilines is 2. The van der Waals surface area contributed by atoms with Crippen LogP contribution in [0, 0.1) is 11.8 Å². The van der Waals surface area contributed by atoms with Gasteiger partial charge in [0.1, 0.15) is 0 Å². The molecule has 1 amide bonds. The van der Waals surface area contributed by atoms with Crippen LogP contribution in [0.15, 0.2) is 55.0 Å². The molecule has 0 aliphatic carbocycles. The van der Waals surface area contributed by atoms with Crippen LogP contribution in [-0.4, -0.2) is 33.0 Å². The van der Waals surface area contributed by atoms with Gasteiger partial charge in [0.25, 0.3) is 5.91 Å². The molecule has 8 nitrogen and oxygen atoms in total. The van der Waals surface area contributed by atoms with Gasteiger partial charge in [-0.2, -0.15) is 0 Å². The van der Waals surface area contributed by atoms with Crippen molar-refractivity contribution >= 4 is 17.4 Å². The summed E-state index contributed by atoms with van der Waals surface area (Å²) in [5, 5.41) is 2.90. The van der Waals surface area contributed by atoms with Gasteiger partial charge >= 0.3 is 0 Å². The molecular formula is C25H30N6O2. The van der Waals surface area contributed by atoms with Gasteiger partial charge in [-0.05, 0) is 25.3 Å². The highest BCUT2D eigenvalue weighted by Gasteiger charge is 2.37. The third-order valence-electron chi connectivity index (χ3n) is 6.21. The predicted molar refractivity (Wildman–Crippen MR) is 128 cm³/mol. The van der Waals surface area contributed by atoms with Gasteiger partial charge in [0, 0.05) is 29.3 Å². The minimum absolute atomic E-state index is 0.000433.